The summed E-state index contributed by atoms with van der Waals surface area (Å²) < 4.78 is 1.49. The number of hydrogen-bond acceptors (Lipinski definition) is 5. The maximum absolute atomic E-state index is 12.9. The molecule has 0 aromatic carbocycles. The lowest BCUT2D eigenvalue weighted by atomic mass is 10.1. The predicted molar refractivity (Wildman–Crippen MR) is 102 cm³/mol. The first-order chi connectivity index (χ1) is 13.4. The number of tetrazole rings is 1. The maximum atomic E-state index is 12.9. The average Bonchev–Trinajstić information content (AvgIpc) is 3.39. The molecule has 4 heterocycles. The van der Waals surface area contributed by atoms with Gasteiger partial charge in [-0.2, -0.15) is 4.52 Å². The number of carbonyl (C=O) groups excluding carboxylic acids is 2. The third kappa shape index (κ3) is 3.23. The maximum Gasteiger partial charge on any atom is 0.257 e. The van der Waals surface area contributed by atoms with Crippen molar-refractivity contribution in [3.8, 4) is 0 Å². The second-order valence-electron chi connectivity index (χ2n) is 7.45. The van der Waals surface area contributed by atoms with Crippen molar-refractivity contribution in [2.24, 2.45) is 5.92 Å². The van der Waals surface area contributed by atoms with E-state index in [1.807, 2.05) is 31.9 Å². The van der Waals surface area contributed by atoms with Crippen molar-refractivity contribution in [3.05, 3.63) is 46.9 Å². The fourth-order valence-electron chi connectivity index (χ4n) is 3.89. The Morgan fingerprint density at radius 2 is 2.14 bits per heavy atom. The summed E-state index contributed by atoms with van der Waals surface area (Å²) in [7, 11) is 1.82. The number of hydrogen-bond donors (Lipinski definition) is 1. The summed E-state index contributed by atoms with van der Waals surface area (Å²) in [4.78, 5) is 32.4. The molecule has 0 saturated carbocycles. The van der Waals surface area contributed by atoms with Crippen LogP contribution in [-0.4, -0.2) is 73.3 Å². The number of aryl methyl sites for hydroxylation is 2. The molecule has 1 N–H and O–H groups in total. The Morgan fingerprint density at radius 3 is 2.89 bits per heavy atom. The summed E-state index contributed by atoms with van der Waals surface area (Å²) in [5.74, 6) is 0.175. The van der Waals surface area contributed by atoms with Crippen LogP contribution in [0.25, 0.3) is 5.65 Å². The van der Waals surface area contributed by atoms with Gasteiger partial charge in [0.05, 0.1) is 11.1 Å². The van der Waals surface area contributed by atoms with E-state index in [1.165, 1.54) is 4.52 Å². The number of H-pyrrole nitrogens is 1. The van der Waals surface area contributed by atoms with Crippen molar-refractivity contribution in [1.29, 1.82) is 0 Å². The van der Waals surface area contributed by atoms with Gasteiger partial charge in [0.25, 0.3) is 11.8 Å². The van der Waals surface area contributed by atoms with Gasteiger partial charge in [0, 0.05) is 44.3 Å². The van der Waals surface area contributed by atoms with E-state index < -0.39 is 0 Å². The van der Waals surface area contributed by atoms with Crippen LogP contribution in [0.2, 0.25) is 0 Å². The molecule has 1 aliphatic heterocycles. The molecule has 0 bridgehead atoms. The summed E-state index contributed by atoms with van der Waals surface area (Å²) in [5, 5.41) is 11.4. The molecule has 1 aliphatic rings. The number of nitrogens with zero attached hydrogens (tertiary/aromatic N) is 6. The lowest BCUT2D eigenvalue weighted by molar-refractivity contribution is 0.0758. The molecule has 9 heteroatoms. The molecule has 2 amide bonds. The Morgan fingerprint density at radius 1 is 1.32 bits per heavy atom. The molecule has 1 atom stereocenters. The highest BCUT2D eigenvalue weighted by Gasteiger charge is 2.30. The van der Waals surface area contributed by atoms with Gasteiger partial charge in [0.1, 0.15) is 0 Å². The van der Waals surface area contributed by atoms with Gasteiger partial charge in [-0.1, -0.05) is 0 Å². The summed E-state index contributed by atoms with van der Waals surface area (Å²) >= 11 is 0. The van der Waals surface area contributed by atoms with Crippen molar-refractivity contribution < 1.29 is 9.59 Å². The van der Waals surface area contributed by atoms with E-state index in [9.17, 15) is 9.59 Å². The highest BCUT2D eigenvalue weighted by Crippen LogP contribution is 2.22. The second kappa shape index (κ2) is 7.06. The van der Waals surface area contributed by atoms with Crippen LogP contribution in [0.3, 0.4) is 0 Å². The number of aromatic amines is 1. The van der Waals surface area contributed by atoms with Gasteiger partial charge in [-0.25, -0.2) is 0 Å². The van der Waals surface area contributed by atoms with Crippen LogP contribution in [0.4, 0.5) is 0 Å². The molecule has 0 aliphatic carbocycles. The number of aromatic nitrogens is 5. The first-order valence-corrected chi connectivity index (χ1v) is 9.31. The number of likely N-dealkylation sites (tertiary alicyclic amines) is 1. The van der Waals surface area contributed by atoms with Gasteiger partial charge in [0.15, 0.2) is 5.65 Å². The van der Waals surface area contributed by atoms with Crippen molar-refractivity contribution >= 4 is 17.5 Å². The Hall–Kier alpha value is -3.23. The monoisotopic (exact) mass is 381 g/mol. The van der Waals surface area contributed by atoms with Gasteiger partial charge < -0.3 is 14.8 Å². The Bertz CT molecular complexity index is 1040. The highest BCUT2D eigenvalue weighted by molar-refractivity contribution is 5.99. The minimum atomic E-state index is -0.0750. The van der Waals surface area contributed by atoms with Crippen LogP contribution in [0.15, 0.2) is 24.4 Å². The number of nitrogens with one attached hydrogen (secondary N) is 1. The third-order valence-corrected chi connectivity index (χ3v) is 5.29. The number of amides is 2. The van der Waals surface area contributed by atoms with Crippen molar-refractivity contribution in [2.75, 3.05) is 26.7 Å². The quantitative estimate of drug-likeness (QED) is 0.734. The Balaban J connectivity index is 1.41. The fourth-order valence-corrected chi connectivity index (χ4v) is 3.89. The van der Waals surface area contributed by atoms with Crippen LogP contribution in [0.1, 0.15) is 38.5 Å². The van der Waals surface area contributed by atoms with Gasteiger partial charge >= 0.3 is 0 Å². The van der Waals surface area contributed by atoms with Crippen LogP contribution in [-0.2, 0) is 0 Å². The van der Waals surface area contributed by atoms with Crippen LogP contribution >= 0.6 is 0 Å². The van der Waals surface area contributed by atoms with E-state index in [-0.39, 0.29) is 17.7 Å². The molecule has 28 heavy (non-hydrogen) atoms. The number of fused-ring (bicyclic) bond motifs is 1. The Kier molecular flexibility index (Phi) is 4.58. The molecule has 3 aromatic rings. The first-order valence-electron chi connectivity index (χ1n) is 9.31. The molecule has 9 nitrogen and oxygen atoms in total. The van der Waals surface area contributed by atoms with Gasteiger partial charge in [-0.15, -0.1) is 5.10 Å². The summed E-state index contributed by atoms with van der Waals surface area (Å²) in [6.45, 7) is 5.74. The van der Waals surface area contributed by atoms with E-state index in [0.29, 0.717) is 36.4 Å². The average molecular weight is 381 g/mol. The summed E-state index contributed by atoms with van der Waals surface area (Å²) in [5.41, 5.74) is 3.52. The lowest BCUT2D eigenvalue weighted by Crippen LogP contribution is -2.34. The molecule has 4 rings (SSSR count). The van der Waals surface area contributed by atoms with Crippen molar-refractivity contribution in [3.63, 3.8) is 0 Å². The topological polar surface area (TPSA) is 99.5 Å². The molecule has 146 valence electrons. The number of rotatable bonds is 4. The van der Waals surface area contributed by atoms with Gasteiger partial charge in [0.2, 0.25) is 0 Å². The van der Waals surface area contributed by atoms with Crippen LogP contribution in [0, 0.1) is 19.8 Å². The van der Waals surface area contributed by atoms with Crippen LogP contribution < -0.4 is 0 Å². The zero-order valence-electron chi connectivity index (χ0n) is 16.2. The molecule has 3 aromatic heterocycles. The normalized spacial score (nSPS) is 16.7. The Labute approximate surface area is 162 Å². The van der Waals surface area contributed by atoms with Gasteiger partial charge in [-0.3, -0.25) is 9.59 Å². The van der Waals surface area contributed by atoms with Crippen molar-refractivity contribution in [1.82, 2.24) is 34.8 Å². The lowest BCUT2D eigenvalue weighted by Gasteiger charge is -2.22. The number of carbonyl (C=O) groups is 2. The zero-order valence-corrected chi connectivity index (χ0v) is 16.2. The van der Waals surface area contributed by atoms with E-state index in [2.05, 4.69) is 20.5 Å². The van der Waals surface area contributed by atoms with E-state index >= 15 is 0 Å². The minimum Gasteiger partial charge on any atom is -0.362 e. The molecular formula is C19H23N7O2. The molecular weight excluding hydrogens is 358 g/mol. The zero-order chi connectivity index (χ0) is 19.8. The van der Waals surface area contributed by atoms with E-state index in [0.717, 1.165) is 17.8 Å². The molecule has 1 fully saturated rings. The SMILES string of the molecule is Cc1cc(C(=O)N(C)CC2CCN(C(=O)c3cccn4nnnc34)C2)c(C)[nH]1. The van der Waals surface area contributed by atoms with Crippen molar-refractivity contribution in [2.45, 2.75) is 20.3 Å². The minimum absolute atomic E-state index is 0.00549. The second-order valence-corrected chi connectivity index (χ2v) is 7.45. The molecule has 1 saturated heterocycles. The number of pyridine rings is 1. The third-order valence-electron chi connectivity index (χ3n) is 5.29. The van der Waals surface area contributed by atoms with Gasteiger partial charge in [-0.05, 0) is 54.8 Å². The highest BCUT2D eigenvalue weighted by atomic mass is 16.2. The van der Waals surface area contributed by atoms with E-state index in [1.54, 1.807) is 23.2 Å². The standard InChI is InChI=1S/C19H23N7O2/c1-12-9-16(13(2)20-12)18(27)24(3)10-14-6-8-25(11-14)19(28)15-5-4-7-26-17(15)21-22-23-26/h4-5,7,9,14,20H,6,8,10-11H2,1-3H3. The smallest absolute Gasteiger partial charge is 0.257 e. The fraction of sp³-hybridized carbons (Fsp3) is 0.421. The van der Waals surface area contributed by atoms with Crippen LogP contribution in [0.5, 0.6) is 0 Å². The first kappa shape index (κ1) is 18.1. The summed E-state index contributed by atoms with van der Waals surface area (Å²) in [6.07, 6.45) is 2.58. The van der Waals surface area contributed by atoms with E-state index in [4.69, 9.17) is 0 Å². The summed E-state index contributed by atoms with van der Waals surface area (Å²) in [6, 6.07) is 5.39. The predicted octanol–water partition coefficient (Wildman–Crippen LogP) is 1.30. The molecule has 0 spiro atoms. The molecule has 0 radical (unpaired) electrons. The largest absolute Gasteiger partial charge is 0.362 e. The molecule has 1 unspecified atom stereocenters.